The van der Waals surface area contributed by atoms with Gasteiger partial charge in [-0.05, 0) is 17.7 Å². The van der Waals surface area contributed by atoms with Crippen molar-refractivity contribution in [3.63, 3.8) is 0 Å². The first-order chi connectivity index (χ1) is 12.1. The van der Waals surface area contributed by atoms with E-state index in [1.54, 1.807) is 0 Å². The molecule has 0 spiro atoms. The Balaban J connectivity index is 1.69. The van der Waals surface area contributed by atoms with Gasteiger partial charge in [-0.25, -0.2) is 4.98 Å². The fraction of sp³-hybridized carbons (Fsp3) is 0.167. The number of para-hydroxylation sites is 1. The molecule has 1 heterocycles. The maximum Gasteiger partial charge on any atom is 0.320 e. The summed E-state index contributed by atoms with van der Waals surface area (Å²) in [6.45, 7) is 0.121. The Labute approximate surface area is 152 Å². The third-order valence-corrected chi connectivity index (χ3v) is 5.67. The molecule has 3 rings (SSSR count). The zero-order valence-corrected chi connectivity index (χ0v) is 14.8. The highest BCUT2D eigenvalue weighted by Gasteiger charge is 2.26. The number of rotatable bonds is 7. The number of carboxylic acid groups (broad SMARTS) is 1. The van der Waals surface area contributed by atoms with Gasteiger partial charge in [0.15, 0.2) is 4.34 Å². The number of carbonyl (C=O) groups excluding carboxylic acids is 1. The van der Waals surface area contributed by atoms with Crippen molar-refractivity contribution >= 4 is 45.3 Å². The molecule has 5 nitrogen and oxygen atoms in total. The molecule has 1 unspecified atom stereocenters. The minimum absolute atomic E-state index is 0.121. The van der Waals surface area contributed by atoms with E-state index in [1.807, 2.05) is 54.6 Å². The van der Waals surface area contributed by atoms with Crippen molar-refractivity contribution in [2.75, 3.05) is 0 Å². The van der Waals surface area contributed by atoms with Crippen LogP contribution in [0.5, 0.6) is 0 Å². The van der Waals surface area contributed by atoms with Crippen LogP contribution in [0, 0.1) is 0 Å². The normalized spacial score (nSPS) is 12.0. The maximum atomic E-state index is 12.3. The van der Waals surface area contributed by atoms with Crippen LogP contribution in [0.1, 0.15) is 12.0 Å². The molecule has 0 saturated carbocycles. The fourth-order valence-electron chi connectivity index (χ4n) is 2.18. The molecule has 7 heteroatoms. The lowest BCUT2D eigenvalue weighted by molar-refractivity contribution is -0.148. The molecule has 1 atom stereocenters. The first kappa shape index (κ1) is 17.4. The molecule has 128 valence electrons. The molecular weight excluding hydrogens is 358 g/mol. The molecule has 0 aliphatic carbocycles. The highest BCUT2D eigenvalue weighted by molar-refractivity contribution is 8.02. The highest BCUT2D eigenvalue weighted by Crippen LogP contribution is 2.33. The van der Waals surface area contributed by atoms with Gasteiger partial charge in [-0.2, -0.15) is 0 Å². The summed E-state index contributed by atoms with van der Waals surface area (Å²) in [5, 5.41) is 8.27. The zero-order valence-electron chi connectivity index (χ0n) is 13.1. The van der Waals surface area contributed by atoms with Crippen molar-refractivity contribution in [1.29, 1.82) is 0 Å². The van der Waals surface area contributed by atoms with Crippen LogP contribution in [0.2, 0.25) is 0 Å². The number of benzene rings is 2. The lowest BCUT2D eigenvalue weighted by atomic mass is 10.2. The van der Waals surface area contributed by atoms with Gasteiger partial charge < -0.3 is 9.84 Å². The maximum absolute atomic E-state index is 12.3. The van der Waals surface area contributed by atoms with Crippen LogP contribution in [-0.4, -0.2) is 27.3 Å². The molecule has 2 aromatic carbocycles. The predicted octanol–water partition coefficient (Wildman–Crippen LogP) is 3.98. The molecule has 0 amide bonds. The Hall–Kier alpha value is -2.38. The van der Waals surface area contributed by atoms with Crippen molar-refractivity contribution in [3.05, 3.63) is 60.2 Å². The third kappa shape index (κ3) is 4.80. The minimum atomic E-state index is -1.05. The second-order valence-corrected chi connectivity index (χ2v) is 7.73. The van der Waals surface area contributed by atoms with Crippen molar-refractivity contribution in [2.24, 2.45) is 0 Å². The van der Waals surface area contributed by atoms with E-state index in [1.165, 1.54) is 11.3 Å². The van der Waals surface area contributed by atoms with Gasteiger partial charge >= 0.3 is 11.9 Å². The van der Waals surface area contributed by atoms with Gasteiger partial charge in [0.1, 0.15) is 11.9 Å². The summed E-state index contributed by atoms with van der Waals surface area (Å²) >= 11 is 2.57. The number of hydrogen-bond donors (Lipinski definition) is 1. The van der Waals surface area contributed by atoms with Gasteiger partial charge in [-0.3, -0.25) is 9.59 Å². The van der Waals surface area contributed by atoms with Crippen LogP contribution >= 0.6 is 23.1 Å². The number of aliphatic carboxylic acids is 1. The number of thiazole rings is 1. The van der Waals surface area contributed by atoms with Crippen molar-refractivity contribution in [2.45, 2.75) is 22.6 Å². The minimum Gasteiger partial charge on any atom is -0.481 e. The van der Waals surface area contributed by atoms with E-state index in [0.717, 1.165) is 27.5 Å². The number of fused-ring (bicyclic) bond motifs is 1. The van der Waals surface area contributed by atoms with E-state index in [9.17, 15) is 9.59 Å². The molecule has 25 heavy (non-hydrogen) atoms. The molecule has 0 fully saturated rings. The number of aromatic nitrogens is 1. The van der Waals surface area contributed by atoms with Crippen LogP contribution < -0.4 is 0 Å². The molecule has 0 aliphatic heterocycles. The molecule has 0 bridgehead atoms. The number of esters is 1. The first-order valence-electron chi connectivity index (χ1n) is 7.56. The summed E-state index contributed by atoms with van der Waals surface area (Å²) in [7, 11) is 0. The van der Waals surface area contributed by atoms with E-state index >= 15 is 0 Å². The van der Waals surface area contributed by atoms with E-state index < -0.39 is 17.2 Å². The average Bonchev–Trinajstić information content (AvgIpc) is 3.02. The van der Waals surface area contributed by atoms with Crippen LogP contribution in [0.15, 0.2) is 58.9 Å². The van der Waals surface area contributed by atoms with Crippen LogP contribution in [0.4, 0.5) is 0 Å². The number of carboxylic acids is 1. The summed E-state index contributed by atoms with van der Waals surface area (Å²) in [5.74, 6) is -1.59. The van der Waals surface area contributed by atoms with Gasteiger partial charge in [0.05, 0.1) is 16.6 Å². The standard InChI is InChI=1S/C18H15NO4S2/c20-16(21)10-15(17(22)23-11-12-6-2-1-3-7-12)25-18-19-13-8-4-5-9-14(13)24-18/h1-9,15H,10-11H2,(H,20,21). The average molecular weight is 373 g/mol. The second-order valence-electron chi connectivity index (χ2n) is 5.25. The van der Waals surface area contributed by atoms with Crippen molar-refractivity contribution in [3.8, 4) is 0 Å². The quantitative estimate of drug-likeness (QED) is 0.499. The smallest absolute Gasteiger partial charge is 0.320 e. The Morgan fingerprint density at radius 2 is 1.84 bits per heavy atom. The molecule has 1 N–H and O–H groups in total. The largest absolute Gasteiger partial charge is 0.481 e. The van der Waals surface area contributed by atoms with Crippen LogP contribution in [-0.2, 0) is 20.9 Å². The van der Waals surface area contributed by atoms with Gasteiger partial charge in [0.25, 0.3) is 0 Å². The Bertz CT molecular complexity index is 846. The van der Waals surface area contributed by atoms with E-state index in [-0.39, 0.29) is 13.0 Å². The lowest BCUT2D eigenvalue weighted by Crippen LogP contribution is -2.23. The molecule has 3 aromatic rings. The lowest BCUT2D eigenvalue weighted by Gasteiger charge is -2.12. The number of ether oxygens (including phenoxy) is 1. The number of nitrogens with zero attached hydrogens (tertiary/aromatic N) is 1. The van der Waals surface area contributed by atoms with Gasteiger partial charge in [0.2, 0.25) is 0 Å². The Morgan fingerprint density at radius 3 is 2.56 bits per heavy atom. The summed E-state index contributed by atoms with van der Waals surface area (Å²) in [6, 6.07) is 16.9. The van der Waals surface area contributed by atoms with E-state index in [2.05, 4.69) is 4.98 Å². The molecular formula is C18H15NO4S2. The number of carbonyl (C=O) groups is 2. The zero-order chi connectivity index (χ0) is 17.6. The summed E-state index contributed by atoms with van der Waals surface area (Å²) in [4.78, 5) is 27.9. The predicted molar refractivity (Wildman–Crippen MR) is 97.8 cm³/mol. The summed E-state index contributed by atoms with van der Waals surface area (Å²) in [5.41, 5.74) is 1.69. The Morgan fingerprint density at radius 1 is 1.12 bits per heavy atom. The first-order valence-corrected chi connectivity index (χ1v) is 9.26. The SMILES string of the molecule is O=C(O)CC(Sc1nc2ccccc2s1)C(=O)OCc1ccccc1. The summed E-state index contributed by atoms with van der Waals surface area (Å²) in [6.07, 6.45) is -0.311. The highest BCUT2D eigenvalue weighted by atomic mass is 32.2. The van der Waals surface area contributed by atoms with Crippen molar-refractivity contribution in [1.82, 2.24) is 4.98 Å². The number of thioether (sulfide) groups is 1. The topological polar surface area (TPSA) is 76.5 Å². The molecule has 0 radical (unpaired) electrons. The Kier molecular flexibility index (Phi) is 5.67. The van der Waals surface area contributed by atoms with Crippen LogP contribution in [0.3, 0.4) is 0 Å². The van der Waals surface area contributed by atoms with Gasteiger partial charge in [-0.1, -0.05) is 54.2 Å². The molecule has 0 aliphatic rings. The fourth-order valence-corrected chi connectivity index (χ4v) is 4.47. The van der Waals surface area contributed by atoms with E-state index in [4.69, 9.17) is 9.84 Å². The monoisotopic (exact) mass is 373 g/mol. The van der Waals surface area contributed by atoms with Gasteiger partial charge in [0, 0.05) is 0 Å². The third-order valence-electron chi connectivity index (χ3n) is 3.36. The second kappa shape index (κ2) is 8.13. The number of hydrogen-bond acceptors (Lipinski definition) is 6. The molecule has 1 aromatic heterocycles. The van der Waals surface area contributed by atoms with Crippen LogP contribution in [0.25, 0.3) is 10.2 Å². The van der Waals surface area contributed by atoms with Gasteiger partial charge in [-0.15, -0.1) is 11.3 Å². The molecule has 0 saturated heterocycles. The van der Waals surface area contributed by atoms with Crippen molar-refractivity contribution < 1.29 is 19.4 Å². The summed E-state index contributed by atoms with van der Waals surface area (Å²) < 4.78 is 6.94. The van der Waals surface area contributed by atoms with E-state index in [0.29, 0.717) is 4.34 Å².